The summed E-state index contributed by atoms with van der Waals surface area (Å²) < 4.78 is 7.38. The summed E-state index contributed by atoms with van der Waals surface area (Å²) in [7, 11) is 3.36. The topological polar surface area (TPSA) is 71.7 Å². The number of urea groups is 1. The molecule has 4 aliphatic heterocycles. The van der Waals surface area contributed by atoms with Gasteiger partial charge in [-0.2, -0.15) is 0 Å². The van der Waals surface area contributed by atoms with Gasteiger partial charge in [0.2, 0.25) is 11.9 Å². The number of hydrogen-bond donors (Lipinski definition) is 0. The van der Waals surface area contributed by atoms with Crippen LogP contribution < -0.4 is 9.64 Å². The molecule has 4 heterocycles. The normalized spacial score (nSPS) is 24.0. The van der Waals surface area contributed by atoms with Gasteiger partial charge in [0.1, 0.15) is 18.0 Å². The lowest BCUT2D eigenvalue weighted by Crippen LogP contribution is -2.63. The van der Waals surface area contributed by atoms with Gasteiger partial charge >= 0.3 is 12.0 Å². The largest absolute Gasteiger partial charge is 0.497 e. The van der Waals surface area contributed by atoms with E-state index in [1.807, 2.05) is 28.8 Å². The number of guanidine groups is 1. The highest BCUT2D eigenvalue weighted by atomic mass is 16.5. The van der Waals surface area contributed by atoms with Crippen LogP contribution in [0.15, 0.2) is 29.3 Å². The van der Waals surface area contributed by atoms with E-state index in [4.69, 9.17) is 9.73 Å². The average molecular weight is 426 g/mol. The van der Waals surface area contributed by atoms with Crippen molar-refractivity contribution in [3.63, 3.8) is 0 Å². The smallest absolute Gasteiger partial charge is 0.397 e. The van der Waals surface area contributed by atoms with Crippen molar-refractivity contribution < 1.29 is 18.9 Å². The number of fused-ring (bicyclic) bond motifs is 2. The molecule has 2 saturated heterocycles. The molecular weight excluding hydrogens is 396 g/mol. The molecule has 1 atom stereocenters. The maximum atomic E-state index is 13.4. The minimum Gasteiger partial charge on any atom is -0.497 e. The Morgan fingerprint density at radius 3 is 2.71 bits per heavy atom. The van der Waals surface area contributed by atoms with Gasteiger partial charge in [-0.15, -0.1) is 0 Å². The van der Waals surface area contributed by atoms with E-state index in [1.54, 1.807) is 14.2 Å². The van der Waals surface area contributed by atoms with Crippen molar-refractivity contribution in [3.05, 3.63) is 24.3 Å². The average Bonchev–Trinajstić information content (AvgIpc) is 3.38. The van der Waals surface area contributed by atoms with Crippen molar-refractivity contribution in [1.29, 1.82) is 0 Å². The molecule has 3 amide bonds. The number of amidine groups is 1. The SMILES string of the molecule is COc1cccc(N2CC[N+]3=C2N=C2C3C(=O)N(CCN3CCCCC3)C(=O)N2C)c1. The number of nitrogens with zero attached hydrogens (tertiary/aromatic N) is 6. The van der Waals surface area contributed by atoms with Crippen LogP contribution in [0.25, 0.3) is 0 Å². The predicted molar refractivity (Wildman–Crippen MR) is 117 cm³/mol. The van der Waals surface area contributed by atoms with E-state index in [-0.39, 0.29) is 11.9 Å². The van der Waals surface area contributed by atoms with Crippen LogP contribution in [-0.4, -0.2) is 102 Å². The highest BCUT2D eigenvalue weighted by molar-refractivity contribution is 6.24. The number of imide groups is 1. The van der Waals surface area contributed by atoms with Gasteiger partial charge in [-0.25, -0.2) is 14.3 Å². The first-order valence-electron chi connectivity index (χ1n) is 11.0. The molecule has 9 nitrogen and oxygen atoms in total. The zero-order valence-corrected chi connectivity index (χ0v) is 18.2. The summed E-state index contributed by atoms with van der Waals surface area (Å²) in [5, 5.41) is 0. The zero-order valence-electron chi connectivity index (χ0n) is 18.2. The number of carbonyl (C=O) groups is 2. The highest BCUT2D eigenvalue weighted by Gasteiger charge is 2.55. The summed E-state index contributed by atoms with van der Waals surface area (Å²) in [5.74, 6) is 1.85. The summed E-state index contributed by atoms with van der Waals surface area (Å²) in [4.78, 5) is 38.5. The molecule has 0 radical (unpaired) electrons. The molecule has 9 heteroatoms. The van der Waals surface area contributed by atoms with Crippen LogP contribution in [-0.2, 0) is 4.79 Å². The van der Waals surface area contributed by atoms with Gasteiger partial charge in [-0.3, -0.25) is 14.6 Å². The number of rotatable bonds is 5. The van der Waals surface area contributed by atoms with Crippen LogP contribution in [0, 0.1) is 0 Å². The van der Waals surface area contributed by atoms with Crippen LogP contribution in [0.1, 0.15) is 19.3 Å². The number of likely N-dealkylation sites (tertiary alicyclic amines) is 1. The number of hydrogen-bond acceptors (Lipinski definition) is 6. The number of ether oxygens (including phenoxy) is 1. The first-order chi connectivity index (χ1) is 15.1. The summed E-state index contributed by atoms with van der Waals surface area (Å²) in [6.45, 7) is 4.65. The monoisotopic (exact) mass is 425 g/mol. The predicted octanol–water partition coefficient (Wildman–Crippen LogP) is 1.04. The Balaban J connectivity index is 1.39. The minimum atomic E-state index is -0.533. The quantitative estimate of drug-likeness (QED) is 0.660. The maximum Gasteiger partial charge on any atom is 0.397 e. The van der Waals surface area contributed by atoms with Crippen molar-refractivity contribution in [2.45, 2.75) is 25.3 Å². The molecular formula is C22H29N6O3+. The fourth-order valence-corrected chi connectivity index (χ4v) is 4.91. The second-order valence-electron chi connectivity index (χ2n) is 8.45. The molecule has 5 rings (SSSR count). The Kier molecular flexibility index (Phi) is 5.13. The van der Waals surface area contributed by atoms with E-state index >= 15 is 0 Å². The summed E-state index contributed by atoms with van der Waals surface area (Å²) >= 11 is 0. The zero-order chi connectivity index (χ0) is 21.5. The van der Waals surface area contributed by atoms with E-state index in [9.17, 15) is 9.59 Å². The van der Waals surface area contributed by atoms with Gasteiger partial charge in [-0.1, -0.05) is 17.5 Å². The van der Waals surface area contributed by atoms with Gasteiger partial charge in [0.05, 0.1) is 13.7 Å². The van der Waals surface area contributed by atoms with Gasteiger partial charge in [0.25, 0.3) is 5.91 Å². The standard InChI is InChI=1S/C22H29N6O3/c1-24-19-18(20(29)28(22(24)30)12-11-25-9-4-3-5-10-25)27-14-13-26(21(27)23-19)16-7-6-8-17(15-16)31-2/h6-8,15,18H,3-5,9-14H2,1-2H3/q+1. The molecule has 1 unspecified atom stereocenters. The molecule has 0 N–H and O–H groups in total. The molecule has 0 spiro atoms. The number of methoxy groups -OCH3 is 1. The summed E-state index contributed by atoms with van der Waals surface area (Å²) in [6, 6.07) is 6.98. The molecule has 0 bridgehead atoms. The second kappa shape index (κ2) is 7.96. The third-order valence-corrected chi connectivity index (χ3v) is 6.65. The van der Waals surface area contributed by atoms with Gasteiger partial charge in [0, 0.05) is 26.2 Å². The van der Waals surface area contributed by atoms with Crippen LogP contribution in [0.3, 0.4) is 0 Å². The maximum absolute atomic E-state index is 13.4. The molecule has 0 saturated carbocycles. The lowest BCUT2D eigenvalue weighted by Gasteiger charge is -2.35. The second-order valence-corrected chi connectivity index (χ2v) is 8.45. The fraction of sp³-hybridized carbons (Fsp3) is 0.545. The number of likely N-dealkylation sites (N-methyl/N-ethyl adjacent to an activating group) is 1. The third kappa shape index (κ3) is 3.37. The van der Waals surface area contributed by atoms with Gasteiger partial charge < -0.3 is 9.64 Å². The fourth-order valence-electron chi connectivity index (χ4n) is 4.91. The first kappa shape index (κ1) is 20.0. The van der Waals surface area contributed by atoms with Gasteiger partial charge in [-0.05, 0) is 38.1 Å². The molecule has 4 aliphatic rings. The molecule has 0 aliphatic carbocycles. The van der Waals surface area contributed by atoms with Crippen molar-refractivity contribution >= 4 is 29.4 Å². The highest BCUT2D eigenvalue weighted by Crippen LogP contribution is 2.28. The molecule has 31 heavy (non-hydrogen) atoms. The van der Waals surface area contributed by atoms with Crippen LogP contribution in [0.4, 0.5) is 10.5 Å². The Morgan fingerprint density at radius 1 is 1.13 bits per heavy atom. The van der Waals surface area contributed by atoms with Crippen LogP contribution in [0.5, 0.6) is 5.75 Å². The third-order valence-electron chi connectivity index (χ3n) is 6.65. The molecule has 2 fully saturated rings. The molecule has 0 aromatic heterocycles. The number of benzene rings is 1. The minimum absolute atomic E-state index is 0.165. The lowest BCUT2D eigenvalue weighted by molar-refractivity contribution is -0.525. The van der Waals surface area contributed by atoms with Crippen LogP contribution in [0.2, 0.25) is 0 Å². The number of piperidine rings is 1. The summed E-state index contributed by atoms with van der Waals surface area (Å²) in [6.07, 6.45) is 3.64. The Bertz CT molecular complexity index is 968. The van der Waals surface area contributed by atoms with E-state index in [0.29, 0.717) is 18.9 Å². The Hall–Kier alpha value is -2.94. The van der Waals surface area contributed by atoms with Crippen molar-refractivity contribution in [3.8, 4) is 5.75 Å². The summed E-state index contributed by atoms with van der Waals surface area (Å²) in [5.41, 5.74) is 0.961. The van der Waals surface area contributed by atoms with E-state index < -0.39 is 6.04 Å². The molecule has 164 valence electrons. The van der Waals surface area contributed by atoms with E-state index in [1.165, 1.54) is 29.1 Å². The van der Waals surface area contributed by atoms with Crippen molar-refractivity contribution in [2.75, 3.05) is 58.3 Å². The first-order valence-corrected chi connectivity index (χ1v) is 11.0. The van der Waals surface area contributed by atoms with E-state index in [2.05, 4.69) is 9.80 Å². The number of carbonyl (C=O) groups excluding carboxylic acids is 2. The molecule has 1 aromatic carbocycles. The Labute approximate surface area is 182 Å². The number of aliphatic imine (C=N–C) groups is 1. The van der Waals surface area contributed by atoms with Gasteiger partial charge in [0.15, 0.2) is 0 Å². The van der Waals surface area contributed by atoms with Crippen molar-refractivity contribution in [1.82, 2.24) is 14.7 Å². The lowest BCUT2D eigenvalue weighted by atomic mass is 10.1. The molecule has 1 aromatic rings. The van der Waals surface area contributed by atoms with Crippen LogP contribution >= 0.6 is 0 Å². The number of anilines is 1. The number of amides is 3. The van der Waals surface area contributed by atoms with E-state index in [0.717, 1.165) is 43.6 Å². The Morgan fingerprint density at radius 2 is 1.94 bits per heavy atom. The van der Waals surface area contributed by atoms with Crippen molar-refractivity contribution in [2.24, 2.45) is 4.99 Å².